The maximum atomic E-state index is 8.85. The molecule has 90 valence electrons. The highest BCUT2D eigenvalue weighted by Gasteiger charge is 2.01. The number of hydrogen-bond donors (Lipinski definition) is 1. The molecule has 18 heavy (non-hydrogen) atoms. The van der Waals surface area contributed by atoms with E-state index in [1.165, 1.54) is 0 Å². The van der Waals surface area contributed by atoms with Gasteiger partial charge in [-0.25, -0.2) is 0 Å². The van der Waals surface area contributed by atoms with Crippen molar-refractivity contribution in [1.29, 1.82) is 5.26 Å². The van der Waals surface area contributed by atoms with Crippen LogP contribution in [-0.2, 0) is 0 Å². The molecule has 0 unspecified atom stereocenters. The average Bonchev–Trinajstić information content (AvgIpc) is 2.39. The summed E-state index contributed by atoms with van der Waals surface area (Å²) in [4.78, 5) is 0. The van der Waals surface area contributed by atoms with Crippen molar-refractivity contribution < 1.29 is 4.74 Å². The number of nitriles is 1. The Morgan fingerprint density at radius 3 is 2.61 bits per heavy atom. The second kappa shape index (κ2) is 5.56. The minimum Gasteiger partial charge on any atom is -0.497 e. The van der Waals surface area contributed by atoms with E-state index in [-0.39, 0.29) is 0 Å². The van der Waals surface area contributed by atoms with E-state index in [0.29, 0.717) is 5.56 Å². The van der Waals surface area contributed by atoms with Crippen LogP contribution in [0.15, 0.2) is 46.9 Å². The molecule has 0 aromatic heterocycles. The number of anilines is 2. The van der Waals surface area contributed by atoms with Gasteiger partial charge in [0.1, 0.15) is 11.8 Å². The predicted octanol–water partition coefficient (Wildman–Crippen LogP) is 4.07. The normalized spacial score (nSPS) is 9.61. The standard InChI is InChI=1S/C14H11BrN2O/c1-18-13-4-2-3-11(7-13)17-12-6-5-10(9-16)14(15)8-12/h2-8,17H,1H3. The molecule has 2 aromatic carbocycles. The first-order chi connectivity index (χ1) is 8.72. The molecule has 4 heteroatoms. The fourth-order valence-electron chi connectivity index (χ4n) is 1.55. The van der Waals surface area contributed by atoms with Crippen LogP contribution in [0.4, 0.5) is 11.4 Å². The van der Waals surface area contributed by atoms with Crippen molar-refractivity contribution in [3.05, 3.63) is 52.5 Å². The Morgan fingerprint density at radius 1 is 1.17 bits per heavy atom. The monoisotopic (exact) mass is 302 g/mol. The summed E-state index contributed by atoms with van der Waals surface area (Å²) in [5, 5.41) is 12.1. The van der Waals surface area contributed by atoms with Gasteiger partial charge in [-0.2, -0.15) is 5.26 Å². The largest absolute Gasteiger partial charge is 0.497 e. The lowest BCUT2D eigenvalue weighted by Gasteiger charge is -2.08. The molecule has 3 nitrogen and oxygen atoms in total. The van der Waals surface area contributed by atoms with Gasteiger partial charge in [0, 0.05) is 21.9 Å². The number of methoxy groups -OCH3 is 1. The molecule has 0 bridgehead atoms. The van der Waals surface area contributed by atoms with Gasteiger partial charge in [0.15, 0.2) is 0 Å². The summed E-state index contributed by atoms with van der Waals surface area (Å²) < 4.78 is 5.94. The number of ether oxygens (including phenoxy) is 1. The van der Waals surface area contributed by atoms with Gasteiger partial charge in [-0.15, -0.1) is 0 Å². The van der Waals surface area contributed by atoms with Gasteiger partial charge in [0.05, 0.1) is 12.7 Å². The van der Waals surface area contributed by atoms with Crippen LogP contribution in [0.2, 0.25) is 0 Å². The second-order valence-corrected chi connectivity index (χ2v) is 4.52. The maximum Gasteiger partial charge on any atom is 0.120 e. The molecular formula is C14H11BrN2O. The number of hydrogen-bond acceptors (Lipinski definition) is 3. The summed E-state index contributed by atoms with van der Waals surface area (Å²) in [5.41, 5.74) is 2.46. The van der Waals surface area contributed by atoms with E-state index < -0.39 is 0 Å². The van der Waals surface area contributed by atoms with Gasteiger partial charge in [0.2, 0.25) is 0 Å². The highest BCUT2D eigenvalue weighted by molar-refractivity contribution is 9.10. The van der Waals surface area contributed by atoms with Crippen molar-refractivity contribution in [2.45, 2.75) is 0 Å². The van der Waals surface area contributed by atoms with E-state index in [9.17, 15) is 0 Å². The Labute approximate surface area is 114 Å². The molecular weight excluding hydrogens is 292 g/mol. The topological polar surface area (TPSA) is 45.0 Å². The number of nitrogens with one attached hydrogen (secondary N) is 1. The van der Waals surface area contributed by atoms with Gasteiger partial charge in [-0.3, -0.25) is 0 Å². The Balaban J connectivity index is 2.23. The molecule has 0 amide bonds. The van der Waals surface area contributed by atoms with Crippen LogP contribution in [0.1, 0.15) is 5.56 Å². The smallest absolute Gasteiger partial charge is 0.120 e. The van der Waals surface area contributed by atoms with Crippen LogP contribution < -0.4 is 10.1 Å². The lowest BCUT2D eigenvalue weighted by Crippen LogP contribution is -1.92. The molecule has 1 N–H and O–H groups in total. The molecule has 0 saturated carbocycles. The van der Waals surface area contributed by atoms with Crippen molar-refractivity contribution in [2.75, 3.05) is 12.4 Å². The quantitative estimate of drug-likeness (QED) is 0.929. The van der Waals surface area contributed by atoms with Crippen molar-refractivity contribution in [3.63, 3.8) is 0 Å². The van der Waals surface area contributed by atoms with Crippen molar-refractivity contribution in [2.24, 2.45) is 0 Å². The van der Waals surface area contributed by atoms with Crippen molar-refractivity contribution >= 4 is 27.3 Å². The van der Waals surface area contributed by atoms with E-state index in [4.69, 9.17) is 10.00 Å². The molecule has 0 aliphatic heterocycles. The Morgan fingerprint density at radius 2 is 1.94 bits per heavy atom. The summed E-state index contributed by atoms with van der Waals surface area (Å²) >= 11 is 3.36. The van der Waals surface area contributed by atoms with Gasteiger partial charge in [-0.1, -0.05) is 6.07 Å². The van der Waals surface area contributed by atoms with E-state index in [1.807, 2.05) is 36.4 Å². The summed E-state index contributed by atoms with van der Waals surface area (Å²) in [5.74, 6) is 0.799. The lowest BCUT2D eigenvalue weighted by atomic mass is 10.2. The second-order valence-electron chi connectivity index (χ2n) is 3.66. The van der Waals surface area contributed by atoms with E-state index in [2.05, 4.69) is 27.3 Å². The minimum atomic E-state index is 0.617. The maximum absolute atomic E-state index is 8.85. The molecule has 0 spiro atoms. The SMILES string of the molecule is COc1cccc(Nc2ccc(C#N)c(Br)c2)c1. The first kappa shape index (κ1) is 12.5. The summed E-state index contributed by atoms with van der Waals surface area (Å²) in [6, 6.07) is 15.3. The molecule has 0 heterocycles. The molecule has 0 saturated heterocycles. The van der Waals surface area contributed by atoms with E-state index >= 15 is 0 Å². The third-order valence-electron chi connectivity index (χ3n) is 2.45. The summed E-state index contributed by atoms with van der Waals surface area (Å²) in [6.45, 7) is 0. The third kappa shape index (κ3) is 2.82. The number of rotatable bonds is 3. The molecule has 0 radical (unpaired) electrons. The van der Waals surface area contributed by atoms with Crippen LogP contribution in [0.5, 0.6) is 5.75 Å². The van der Waals surface area contributed by atoms with Gasteiger partial charge >= 0.3 is 0 Å². The zero-order valence-corrected chi connectivity index (χ0v) is 11.4. The molecule has 0 atom stereocenters. The van der Waals surface area contributed by atoms with Gasteiger partial charge < -0.3 is 10.1 Å². The molecule has 0 aliphatic carbocycles. The summed E-state index contributed by atoms with van der Waals surface area (Å²) in [6.07, 6.45) is 0. The highest BCUT2D eigenvalue weighted by atomic mass is 79.9. The fourth-order valence-corrected chi connectivity index (χ4v) is 2.02. The number of nitrogens with zero attached hydrogens (tertiary/aromatic N) is 1. The Bertz CT molecular complexity index is 605. The van der Waals surface area contributed by atoms with Crippen LogP contribution in [0.3, 0.4) is 0 Å². The predicted molar refractivity (Wildman–Crippen MR) is 75.1 cm³/mol. The first-order valence-corrected chi connectivity index (χ1v) is 6.13. The highest BCUT2D eigenvalue weighted by Crippen LogP contribution is 2.25. The van der Waals surface area contributed by atoms with Crippen molar-refractivity contribution in [1.82, 2.24) is 0 Å². The van der Waals surface area contributed by atoms with Gasteiger partial charge in [-0.05, 0) is 46.3 Å². The Kier molecular flexibility index (Phi) is 3.85. The number of halogens is 1. The molecule has 2 aromatic rings. The fraction of sp³-hybridized carbons (Fsp3) is 0.0714. The zero-order chi connectivity index (χ0) is 13.0. The lowest BCUT2D eigenvalue weighted by molar-refractivity contribution is 0.415. The van der Waals surface area contributed by atoms with E-state index in [0.717, 1.165) is 21.6 Å². The molecule has 0 aliphatic rings. The zero-order valence-electron chi connectivity index (χ0n) is 9.77. The average molecular weight is 303 g/mol. The van der Waals surface area contributed by atoms with Gasteiger partial charge in [0.25, 0.3) is 0 Å². The van der Waals surface area contributed by atoms with Crippen LogP contribution in [0.25, 0.3) is 0 Å². The number of benzene rings is 2. The summed E-state index contributed by atoms with van der Waals surface area (Å²) in [7, 11) is 1.64. The van der Waals surface area contributed by atoms with Crippen LogP contribution in [0, 0.1) is 11.3 Å². The first-order valence-electron chi connectivity index (χ1n) is 5.33. The van der Waals surface area contributed by atoms with Crippen LogP contribution in [-0.4, -0.2) is 7.11 Å². The minimum absolute atomic E-state index is 0.617. The Hall–Kier alpha value is -1.99. The van der Waals surface area contributed by atoms with Crippen molar-refractivity contribution in [3.8, 4) is 11.8 Å². The third-order valence-corrected chi connectivity index (χ3v) is 3.10. The molecule has 2 rings (SSSR count). The van der Waals surface area contributed by atoms with E-state index in [1.54, 1.807) is 13.2 Å². The molecule has 0 fully saturated rings. The van der Waals surface area contributed by atoms with Crippen LogP contribution >= 0.6 is 15.9 Å².